The third-order valence-electron chi connectivity index (χ3n) is 1.94. The number of nitrogens with zero attached hydrogens (tertiary/aromatic N) is 1. The fourth-order valence-corrected chi connectivity index (χ4v) is 0.962. The molecule has 0 bridgehead atoms. The second-order valence-corrected chi connectivity index (χ2v) is 3.95. The van der Waals surface area contributed by atoms with Crippen LogP contribution in [0.5, 0.6) is 0 Å². The van der Waals surface area contributed by atoms with Crippen LogP contribution >= 0.6 is 0 Å². The van der Waals surface area contributed by atoms with Crippen LogP contribution in [0.3, 0.4) is 0 Å². The molecule has 4 nitrogen and oxygen atoms in total. The molecule has 0 aliphatic rings. The van der Waals surface area contributed by atoms with Gasteiger partial charge in [-0.1, -0.05) is 6.58 Å². The first-order valence-corrected chi connectivity index (χ1v) is 5.09. The van der Waals surface area contributed by atoms with Crippen molar-refractivity contribution in [3.05, 3.63) is 12.2 Å². The number of carbonyl (C=O) groups excluding carboxylic acids is 1. The van der Waals surface area contributed by atoms with Crippen LogP contribution in [0, 0.1) is 0 Å². The number of rotatable bonds is 7. The van der Waals surface area contributed by atoms with Gasteiger partial charge in [0, 0.05) is 12.0 Å². The van der Waals surface area contributed by atoms with Gasteiger partial charge in [-0.2, -0.15) is 0 Å². The van der Waals surface area contributed by atoms with E-state index in [-0.39, 0.29) is 6.61 Å². The van der Waals surface area contributed by atoms with E-state index in [0.29, 0.717) is 18.4 Å². The van der Waals surface area contributed by atoms with E-state index in [9.17, 15) is 9.90 Å². The van der Waals surface area contributed by atoms with Gasteiger partial charge in [-0.15, -0.1) is 0 Å². The summed E-state index contributed by atoms with van der Waals surface area (Å²) in [6, 6.07) is 0. The van der Waals surface area contributed by atoms with E-state index >= 15 is 0 Å². The van der Waals surface area contributed by atoms with E-state index in [4.69, 9.17) is 4.74 Å². The van der Waals surface area contributed by atoms with Crippen molar-refractivity contribution >= 4 is 5.97 Å². The van der Waals surface area contributed by atoms with Crippen LogP contribution in [0.15, 0.2) is 12.2 Å². The van der Waals surface area contributed by atoms with Crippen molar-refractivity contribution in [2.45, 2.75) is 25.9 Å². The highest BCUT2D eigenvalue weighted by Crippen LogP contribution is 2.00. The van der Waals surface area contributed by atoms with Gasteiger partial charge in [-0.3, -0.25) is 0 Å². The number of ether oxygens (including phenoxy) is 1. The van der Waals surface area contributed by atoms with Crippen LogP contribution in [0.1, 0.15) is 19.8 Å². The maximum Gasteiger partial charge on any atom is 0.333 e. The summed E-state index contributed by atoms with van der Waals surface area (Å²) < 4.78 is 4.87. The van der Waals surface area contributed by atoms with E-state index < -0.39 is 12.1 Å². The molecule has 1 unspecified atom stereocenters. The normalized spacial score (nSPS) is 12.6. The Hall–Kier alpha value is -0.870. The quantitative estimate of drug-likeness (QED) is 0.504. The number of hydrogen-bond donors (Lipinski definition) is 1. The summed E-state index contributed by atoms with van der Waals surface area (Å²) in [5, 5.41) is 9.51. The van der Waals surface area contributed by atoms with Gasteiger partial charge in [0.15, 0.2) is 0 Å². The molecule has 1 N–H and O–H groups in total. The molecule has 0 saturated heterocycles. The average Bonchev–Trinajstić information content (AvgIpc) is 2.14. The lowest BCUT2D eigenvalue weighted by Crippen LogP contribution is -2.21. The molecule has 0 fully saturated rings. The summed E-state index contributed by atoms with van der Waals surface area (Å²) in [6.07, 6.45) is 0.759. The van der Waals surface area contributed by atoms with Gasteiger partial charge in [-0.05, 0) is 34.0 Å². The molecule has 0 aromatic heterocycles. The molecule has 1 atom stereocenters. The Morgan fingerprint density at radius 3 is 2.53 bits per heavy atom. The summed E-state index contributed by atoms with van der Waals surface area (Å²) in [5.41, 5.74) is 0.387. The van der Waals surface area contributed by atoms with Crippen molar-refractivity contribution in [3.63, 3.8) is 0 Å². The van der Waals surface area contributed by atoms with E-state index in [1.165, 1.54) is 0 Å². The molecular weight excluding hydrogens is 194 g/mol. The third-order valence-corrected chi connectivity index (χ3v) is 1.94. The molecule has 88 valence electrons. The lowest BCUT2D eigenvalue weighted by molar-refractivity contribution is -0.139. The van der Waals surface area contributed by atoms with Crippen LogP contribution in [-0.4, -0.2) is 49.3 Å². The molecule has 0 heterocycles. The summed E-state index contributed by atoms with van der Waals surface area (Å²) in [5.74, 6) is -0.394. The highest BCUT2D eigenvalue weighted by molar-refractivity contribution is 5.86. The summed E-state index contributed by atoms with van der Waals surface area (Å²) in [4.78, 5) is 13.0. The topological polar surface area (TPSA) is 49.8 Å². The molecule has 0 aliphatic heterocycles. The zero-order valence-corrected chi connectivity index (χ0v) is 9.82. The van der Waals surface area contributed by atoms with Crippen LogP contribution in [0.4, 0.5) is 0 Å². The average molecular weight is 215 g/mol. The smallest absolute Gasteiger partial charge is 0.333 e. The molecule has 0 amide bonds. The van der Waals surface area contributed by atoms with Crippen LogP contribution in [0.25, 0.3) is 0 Å². The number of hydrogen-bond acceptors (Lipinski definition) is 4. The lowest BCUT2D eigenvalue weighted by Gasteiger charge is -2.14. The Labute approximate surface area is 91.5 Å². The SMILES string of the molecule is C=C(C)C(=O)OCCC(O)CCN(C)C. The molecule has 0 aromatic rings. The maximum atomic E-state index is 11.0. The monoisotopic (exact) mass is 215 g/mol. The predicted octanol–water partition coefficient (Wildman–Crippen LogP) is 0.808. The first-order valence-electron chi connectivity index (χ1n) is 5.09. The highest BCUT2D eigenvalue weighted by atomic mass is 16.5. The van der Waals surface area contributed by atoms with Crippen molar-refractivity contribution in [2.24, 2.45) is 0 Å². The van der Waals surface area contributed by atoms with Gasteiger partial charge in [0.25, 0.3) is 0 Å². The Morgan fingerprint density at radius 1 is 1.47 bits per heavy atom. The van der Waals surface area contributed by atoms with Gasteiger partial charge < -0.3 is 14.7 Å². The standard InChI is InChI=1S/C11H21NO3/c1-9(2)11(14)15-8-6-10(13)5-7-12(3)4/h10,13H,1,5-8H2,2-4H3. The Morgan fingerprint density at radius 2 is 2.07 bits per heavy atom. The fourth-order valence-electron chi connectivity index (χ4n) is 0.962. The maximum absolute atomic E-state index is 11.0. The second-order valence-electron chi connectivity index (χ2n) is 3.95. The molecule has 4 heteroatoms. The summed E-state index contributed by atoms with van der Waals surface area (Å²) in [6.45, 7) is 6.15. The van der Waals surface area contributed by atoms with Gasteiger partial charge in [-0.25, -0.2) is 4.79 Å². The van der Waals surface area contributed by atoms with Crippen LogP contribution in [-0.2, 0) is 9.53 Å². The van der Waals surface area contributed by atoms with E-state index in [1.54, 1.807) is 6.92 Å². The minimum atomic E-state index is -0.412. The van der Waals surface area contributed by atoms with Crippen LogP contribution in [0.2, 0.25) is 0 Å². The third kappa shape index (κ3) is 8.15. The fraction of sp³-hybridized carbons (Fsp3) is 0.727. The van der Waals surface area contributed by atoms with E-state index in [2.05, 4.69) is 6.58 Å². The van der Waals surface area contributed by atoms with Crippen molar-refractivity contribution in [2.75, 3.05) is 27.2 Å². The minimum Gasteiger partial charge on any atom is -0.462 e. The second kappa shape index (κ2) is 7.43. The van der Waals surface area contributed by atoms with Crippen molar-refractivity contribution in [1.29, 1.82) is 0 Å². The van der Waals surface area contributed by atoms with Crippen molar-refractivity contribution in [3.8, 4) is 0 Å². The Balaban J connectivity index is 3.50. The van der Waals surface area contributed by atoms with Crippen LogP contribution < -0.4 is 0 Å². The largest absolute Gasteiger partial charge is 0.462 e. The number of esters is 1. The molecule has 0 radical (unpaired) electrons. The summed E-state index contributed by atoms with van der Waals surface area (Å²) in [7, 11) is 3.90. The molecule has 0 rings (SSSR count). The highest BCUT2D eigenvalue weighted by Gasteiger charge is 2.07. The molecule has 0 spiro atoms. The molecule has 0 aromatic carbocycles. The Bertz CT molecular complexity index is 214. The minimum absolute atomic E-state index is 0.250. The molecule has 0 aliphatic carbocycles. The van der Waals surface area contributed by atoms with Crippen molar-refractivity contribution < 1.29 is 14.6 Å². The lowest BCUT2D eigenvalue weighted by atomic mass is 10.2. The molecule has 0 saturated carbocycles. The molecular formula is C11H21NO3. The van der Waals surface area contributed by atoms with Crippen molar-refractivity contribution in [1.82, 2.24) is 4.90 Å². The van der Waals surface area contributed by atoms with Gasteiger partial charge in [0.2, 0.25) is 0 Å². The van der Waals surface area contributed by atoms with Gasteiger partial charge in [0.1, 0.15) is 0 Å². The summed E-state index contributed by atoms with van der Waals surface area (Å²) >= 11 is 0. The number of carbonyl (C=O) groups is 1. The van der Waals surface area contributed by atoms with E-state index in [0.717, 1.165) is 6.54 Å². The van der Waals surface area contributed by atoms with Gasteiger partial charge in [0.05, 0.1) is 12.7 Å². The van der Waals surface area contributed by atoms with Gasteiger partial charge >= 0.3 is 5.97 Å². The zero-order valence-electron chi connectivity index (χ0n) is 9.82. The number of aliphatic hydroxyl groups excluding tert-OH is 1. The zero-order chi connectivity index (χ0) is 11.8. The molecule has 15 heavy (non-hydrogen) atoms. The first-order chi connectivity index (χ1) is 6.93. The first kappa shape index (κ1) is 14.1. The Kier molecular flexibility index (Phi) is 6.99. The predicted molar refractivity (Wildman–Crippen MR) is 59.6 cm³/mol. The number of aliphatic hydroxyl groups is 1. The van der Waals surface area contributed by atoms with E-state index in [1.807, 2.05) is 19.0 Å².